The molecule has 1 aromatic carbocycles. The van der Waals surface area contributed by atoms with Gasteiger partial charge in [-0.15, -0.1) is 0 Å². The number of nitrogen functional groups attached to an aromatic ring is 1. The summed E-state index contributed by atoms with van der Waals surface area (Å²) in [6.45, 7) is 0. The molecular weight excluding hydrogens is 198 g/mol. The van der Waals surface area contributed by atoms with Crippen molar-refractivity contribution >= 4 is 11.4 Å². The second-order valence-electron chi connectivity index (χ2n) is 4.39. The van der Waals surface area contributed by atoms with Crippen LogP contribution in [0.4, 0.5) is 11.4 Å². The lowest BCUT2D eigenvalue weighted by molar-refractivity contribution is 0.463. The highest BCUT2D eigenvalue weighted by molar-refractivity contribution is 5.68. The van der Waals surface area contributed by atoms with Crippen LogP contribution in [0.15, 0.2) is 18.2 Å². The first-order chi connectivity index (χ1) is 7.79. The van der Waals surface area contributed by atoms with E-state index in [1.54, 1.807) is 12.1 Å². The first-order valence-electron chi connectivity index (χ1n) is 5.86. The smallest absolute Gasteiger partial charge is 0.0992 e. The van der Waals surface area contributed by atoms with Crippen LogP contribution in [0.25, 0.3) is 0 Å². The molecule has 1 aliphatic carbocycles. The molecule has 0 radical (unpaired) electrons. The third-order valence-corrected chi connectivity index (χ3v) is 3.15. The molecule has 0 amide bonds. The van der Waals surface area contributed by atoms with Crippen LogP contribution in [0, 0.1) is 11.3 Å². The van der Waals surface area contributed by atoms with Gasteiger partial charge in [0.15, 0.2) is 0 Å². The van der Waals surface area contributed by atoms with Crippen LogP contribution in [0.5, 0.6) is 0 Å². The topological polar surface area (TPSA) is 61.8 Å². The van der Waals surface area contributed by atoms with Crippen LogP contribution < -0.4 is 11.1 Å². The average Bonchev–Trinajstić information content (AvgIpc) is 2.33. The Morgan fingerprint density at radius 3 is 2.69 bits per heavy atom. The van der Waals surface area contributed by atoms with E-state index >= 15 is 0 Å². The minimum absolute atomic E-state index is 0.519. The first-order valence-corrected chi connectivity index (χ1v) is 5.86. The molecule has 0 atom stereocenters. The van der Waals surface area contributed by atoms with E-state index in [1.807, 2.05) is 6.07 Å². The van der Waals surface area contributed by atoms with Crippen molar-refractivity contribution in [3.63, 3.8) is 0 Å². The van der Waals surface area contributed by atoms with Crippen molar-refractivity contribution in [1.29, 1.82) is 5.26 Å². The van der Waals surface area contributed by atoms with Crippen molar-refractivity contribution in [2.24, 2.45) is 0 Å². The van der Waals surface area contributed by atoms with Gasteiger partial charge in [0.2, 0.25) is 0 Å². The van der Waals surface area contributed by atoms with Crippen LogP contribution >= 0.6 is 0 Å². The Morgan fingerprint density at radius 1 is 1.25 bits per heavy atom. The number of rotatable bonds is 2. The maximum atomic E-state index is 8.84. The first kappa shape index (κ1) is 10.8. The number of nitriles is 1. The Labute approximate surface area is 96.3 Å². The van der Waals surface area contributed by atoms with Crippen LogP contribution in [0.1, 0.15) is 37.7 Å². The molecule has 1 aliphatic rings. The van der Waals surface area contributed by atoms with Gasteiger partial charge in [0.05, 0.1) is 23.0 Å². The van der Waals surface area contributed by atoms with Crippen molar-refractivity contribution < 1.29 is 0 Å². The summed E-state index contributed by atoms with van der Waals surface area (Å²) in [5, 5.41) is 12.3. The van der Waals surface area contributed by atoms with E-state index in [-0.39, 0.29) is 0 Å². The van der Waals surface area contributed by atoms with E-state index in [0.717, 1.165) is 11.4 Å². The molecule has 3 N–H and O–H groups in total. The number of hydrogen-bond donors (Lipinski definition) is 2. The fraction of sp³-hybridized carbons (Fsp3) is 0.462. The molecule has 0 heterocycles. The summed E-state index contributed by atoms with van der Waals surface area (Å²) in [6.07, 6.45) is 6.32. The molecule has 84 valence electrons. The number of anilines is 2. The normalized spacial score (nSPS) is 16.7. The van der Waals surface area contributed by atoms with Crippen molar-refractivity contribution in [3.8, 4) is 6.07 Å². The second kappa shape index (κ2) is 4.89. The Morgan fingerprint density at radius 2 is 2.00 bits per heavy atom. The molecule has 16 heavy (non-hydrogen) atoms. The van der Waals surface area contributed by atoms with Gasteiger partial charge in [0, 0.05) is 6.04 Å². The zero-order valence-corrected chi connectivity index (χ0v) is 9.37. The lowest BCUT2D eigenvalue weighted by Crippen LogP contribution is -2.22. The van der Waals surface area contributed by atoms with Gasteiger partial charge in [-0.25, -0.2) is 0 Å². The summed E-state index contributed by atoms with van der Waals surface area (Å²) in [4.78, 5) is 0. The predicted molar refractivity (Wildman–Crippen MR) is 66.1 cm³/mol. The standard InChI is InChI=1S/C13H17N3/c14-9-10-6-7-12(15)13(8-10)16-11-4-2-1-3-5-11/h6-8,11,16H,1-5,15H2. The number of benzene rings is 1. The molecule has 1 saturated carbocycles. The summed E-state index contributed by atoms with van der Waals surface area (Å²) in [5.41, 5.74) is 8.18. The van der Waals surface area contributed by atoms with Gasteiger partial charge < -0.3 is 11.1 Å². The molecule has 3 nitrogen and oxygen atoms in total. The van der Waals surface area contributed by atoms with Crippen LogP contribution in [0.2, 0.25) is 0 Å². The van der Waals surface area contributed by atoms with Crippen molar-refractivity contribution in [3.05, 3.63) is 23.8 Å². The van der Waals surface area contributed by atoms with Gasteiger partial charge in [0.1, 0.15) is 0 Å². The molecule has 1 fully saturated rings. The molecule has 0 spiro atoms. The number of nitrogens with one attached hydrogen (secondary N) is 1. The molecule has 0 unspecified atom stereocenters. The van der Waals surface area contributed by atoms with Crippen LogP contribution in [-0.4, -0.2) is 6.04 Å². The van der Waals surface area contributed by atoms with Crippen LogP contribution in [0.3, 0.4) is 0 Å². The molecule has 0 bridgehead atoms. The Kier molecular flexibility index (Phi) is 3.31. The van der Waals surface area contributed by atoms with Gasteiger partial charge in [-0.3, -0.25) is 0 Å². The minimum atomic E-state index is 0.519. The number of nitrogens with two attached hydrogens (primary N) is 1. The Hall–Kier alpha value is -1.69. The maximum Gasteiger partial charge on any atom is 0.0992 e. The number of hydrogen-bond acceptors (Lipinski definition) is 3. The summed E-state index contributed by atoms with van der Waals surface area (Å²) < 4.78 is 0. The molecule has 0 saturated heterocycles. The predicted octanol–water partition coefficient (Wildman–Crippen LogP) is 2.89. The third-order valence-electron chi connectivity index (χ3n) is 3.15. The fourth-order valence-electron chi connectivity index (χ4n) is 2.22. The highest BCUT2D eigenvalue weighted by Crippen LogP contribution is 2.25. The second-order valence-corrected chi connectivity index (χ2v) is 4.39. The van der Waals surface area contributed by atoms with E-state index in [9.17, 15) is 0 Å². The van der Waals surface area contributed by atoms with Crippen LogP contribution in [-0.2, 0) is 0 Å². The fourth-order valence-corrected chi connectivity index (χ4v) is 2.22. The monoisotopic (exact) mass is 215 g/mol. The Bertz CT molecular complexity index is 400. The van der Waals surface area contributed by atoms with Gasteiger partial charge >= 0.3 is 0 Å². The summed E-state index contributed by atoms with van der Waals surface area (Å²) in [6, 6.07) is 8.04. The lowest BCUT2D eigenvalue weighted by Gasteiger charge is -2.24. The van der Waals surface area contributed by atoms with Gasteiger partial charge in [-0.1, -0.05) is 19.3 Å². The van der Waals surface area contributed by atoms with E-state index in [2.05, 4.69) is 11.4 Å². The van der Waals surface area contributed by atoms with Gasteiger partial charge in [-0.2, -0.15) is 5.26 Å². The number of nitrogens with zero attached hydrogens (tertiary/aromatic N) is 1. The molecule has 2 rings (SSSR count). The largest absolute Gasteiger partial charge is 0.397 e. The highest BCUT2D eigenvalue weighted by atomic mass is 14.9. The third kappa shape index (κ3) is 2.46. The van der Waals surface area contributed by atoms with Gasteiger partial charge in [-0.05, 0) is 31.0 Å². The van der Waals surface area contributed by atoms with Crippen molar-refractivity contribution in [2.75, 3.05) is 11.1 Å². The average molecular weight is 215 g/mol. The van der Waals surface area contributed by atoms with E-state index in [4.69, 9.17) is 11.0 Å². The molecule has 0 aliphatic heterocycles. The summed E-state index contributed by atoms with van der Waals surface area (Å²) >= 11 is 0. The summed E-state index contributed by atoms with van der Waals surface area (Å²) in [5.74, 6) is 0. The molecule has 1 aromatic rings. The van der Waals surface area contributed by atoms with E-state index < -0.39 is 0 Å². The SMILES string of the molecule is N#Cc1ccc(N)c(NC2CCCCC2)c1. The quantitative estimate of drug-likeness (QED) is 0.746. The zero-order chi connectivity index (χ0) is 11.4. The van der Waals surface area contributed by atoms with E-state index in [0.29, 0.717) is 11.6 Å². The molecule has 0 aromatic heterocycles. The van der Waals surface area contributed by atoms with Crippen molar-refractivity contribution in [1.82, 2.24) is 0 Å². The maximum absolute atomic E-state index is 8.84. The lowest BCUT2D eigenvalue weighted by atomic mass is 9.95. The zero-order valence-electron chi connectivity index (χ0n) is 9.37. The van der Waals surface area contributed by atoms with Gasteiger partial charge in [0.25, 0.3) is 0 Å². The summed E-state index contributed by atoms with van der Waals surface area (Å²) in [7, 11) is 0. The molecule has 3 heteroatoms. The minimum Gasteiger partial charge on any atom is -0.397 e. The highest BCUT2D eigenvalue weighted by Gasteiger charge is 2.14. The Balaban J connectivity index is 2.10. The molecular formula is C13H17N3. The van der Waals surface area contributed by atoms with Crippen molar-refractivity contribution in [2.45, 2.75) is 38.1 Å². The van der Waals surface area contributed by atoms with E-state index in [1.165, 1.54) is 32.1 Å².